The molecule has 0 amide bonds. The molecule has 3 rings (SSSR count). The number of rotatable bonds is 5. The average molecular weight is 327 g/mol. The lowest BCUT2D eigenvalue weighted by Crippen LogP contribution is -1.99. The van der Waals surface area contributed by atoms with E-state index in [0.717, 1.165) is 5.56 Å². The molecule has 2 aromatic rings. The highest BCUT2D eigenvalue weighted by molar-refractivity contribution is 5.92. The molecule has 124 valence electrons. The molecular formula is C18H17NO5. The summed E-state index contributed by atoms with van der Waals surface area (Å²) in [4.78, 5) is 15.6. The van der Waals surface area contributed by atoms with E-state index in [9.17, 15) is 9.90 Å². The zero-order valence-corrected chi connectivity index (χ0v) is 13.4. The van der Waals surface area contributed by atoms with Gasteiger partial charge in [-0.05, 0) is 37.6 Å². The lowest BCUT2D eigenvalue weighted by atomic mass is 10.1. The number of carbonyl (C=O) groups is 1. The largest absolute Gasteiger partial charge is 0.493 e. The molecule has 0 unspecified atom stereocenters. The molecule has 0 spiro atoms. The molecule has 1 aliphatic rings. The summed E-state index contributed by atoms with van der Waals surface area (Å²) in [6.45, 7) is 4.32. The first kappa shape index (κ1) is 15.9. The van der Waals surface area contributed by atoms with Gasteiger partial charge in [0.1, 0.15) is 5.75 Å². The van der Waals surface area contributed by atoms with Crippen LogP contribution in [0.4, 0.5) is 5.69 Å². The summed E-state index contributed by atoms with van der Waals surface area (Å²) >= 11 is 0. The minimum Gasteiger partial charge on any atom is -0.493 e. The van der Waals surface area contributed by atoms with Gasteiger partial charge in [-0.3, -0.25) is 4.99 Å². The molecule has 0 radical (unpaired) electrons. The van der Waals surface area contributed by atoms with Gasteiger partial charge in [0.2, 0.25) is 6.79 Å². The SMILES string of the molecule is CCOc1cc2c(cc1C=Nc1cccc(C(=O)O)c1C)OCO2. The number of benzene rings is 2. The Morgan fingerprint density at radius 2 is 2.08 bits per heavy atom. The van der Waals surface area contributed by atoms with E-state index in [-0.39, 0.29) is 12.4 Å². The van der Waals surface area contributed by atoms with Crippen LogP contribution in [0.2, 0.25) is 0 Å². The molecule has 0 aliphatic carbocycles. The van der Waals surface area contributed by atoms with Crippen molar-refractivity contribution in [3.05, 3.63) is 47.0 Å². The Labute approximate surface area is 139 Å². The molecule has 6 nitrogen and oxygen atoms in total. The van der Waals surface area contributed by atoms with Crippen LogP contribution in [0, 0.1) is 6.92 Å². The number of aliphatic imine (C=N–C) groups is 1. The Hall–Kier alpha value is -3.02. The number of carboxylic acid groups (broad SMARTS) is 1. The minimum atomic E-state index is -0.970. The van der Waals surface area contributed by atoms with Crippen molar-refractivity contribution < 1.29 is 24.1 Å². The molecule has 24 heavy (non-hydrogen) atoms. The molecule has 1 aliphatic heterocycles. The van der Waals surface area contributed by atoms with Crippen molar-refractivity contribution in [2.24, 2.45) is 4.99 Å². The number of hydrogen-bond donors (Lipinski definition) is 1. The Morgan fingerprint density at radius 3 is 2.79 bits per heavy atom. The fourth-order valence-corrected chi connectivity index (χ4v) is 2.45. The number of fused-ring (bicyclic) bond motifs is 1. The maximum Gasteiger partial charge on any atom is 0.336 e. The molecule has 0 saturated heterocycles. The smallest absolute Gasteiger partial charge is 0.336 e. The average Bonchev–Trinajstić information content (AvgIpc) is 3.01. The van der Waals surface area contributed by atoms with E-state index in [1.807, 2.05) is 6.92 Å². The fourth-order valence-electron chi connectivity index (χ4n) is 2.45. The van der Waals surface area contributed by atoms with Crippen LogP contribution < -0.4 is 14.2 Å². The number of ether oxygens (including phenoxy) is 3. The monoisotopic (exact) mass is 327 g/mol. The summed E-state index contributed by atoms with van der Waals surface area (Å²) in [6, 6.07) is 8.57. The summed E-state index contributed by atoms with van der Waals surface area (Å²) in [5, 5.41) is 9.19. The maximum atomic E-state index is 11.2. The Morgan fingerprint density at radius 1 is 1.33 bits per heavy atom. The van der Waals surface area contributed by atoms with Crippen molar-refractivity contribution in [1.29, 1.82) is 0 Å². The third kappa shape index (κ3) is 3.03. The van der Waals surface area contributed by atoms with Crippen molar-refractivity contribution in [3.63, 3.8) is 0 Å². The first-order valence-electron chi connectivity index (χ1n) is 7.53. The lowest BCUT2D eigenvalue weighted by molar-refractivity contribution is 0.0696. The Kier molecular flexibility index (Phi) is 4.37. The van der Waals surface area contributed by atoms with Crippen LogP contribution in [0.1, 0.15) is 28.4 Å². The third-order valence-electron chi connectivity index (χ3n) is 3.68. The number of hydrogen-bond acceptors (Lipinski definition) is 5. The molecule has 0 bridgehead atoms. The van der Waals surface area contributed by atoms with E-state index in [1.54, 1.807) is 43.5 Å². The van der Waals surface area contributed by atoms with Crippen molar-refractivity contribution >= 4 is 17.9 Å². The fraction of sp³-hybridized carbons (Fsp3) is 0.222. The molecule has 0 saturated carbocycles. The Bertz CT molecular complexity index is 813. The van der Waals surface area contributed by atoms with Gasteiger partial charge in [-0.1, -0.05) is 6.07 Å². The van der Waals surface area contributed by atoms with Crippen LogP contribution in [0.3, 0.4) is 0 Å². The third-order valence-corrected chi connectivity index (χ3v) is 3.68. The highest BCUT2D eigenvalue weighted by Gasteiger charge is 2.17. The molecule has 0 fully saturated rings. The quantitative estimate of drug-likeness (QED) is 0.850. The van der Waals surface area contributed by atoms with E-state index < -0.39 is 5.97 Å². The number of aromatic carboxylic acids is 1. The topological polar surface area (TPSA) is 77.4 Å². The van der Waals surface area contributed by atoms with E-state index in [0.29, 0.717) is 35.1 Å². The second-order valence-corrected chi connectivity index (χ2v) is 5.19. The molecule has 0 atom stereocenters. The van der Waals surface area contributed by atoms with E-state index >= 15 is 0 Å². The summed E-state index contributed by atoms with van der Waals surface area (Å²) < 4.78 is 16.4. The summed E-state index contributed by atoms with van der Waals surface area (Å²) in [5.41, 5.74) is 2.18. The second-order valence-electron chi connectivity index (χ2n) is 5.19. The highest BCUT2D eigenvalue weighted by atomic mass is 16.7. The highest BCUT2D eigenvalue weighted by Crippen LogP contribution is 2.37. The van der Waals surface area contributed by atoms with Crippen molar-refractivity contribution in [2.45, 2.75) is 13.8 Å². The molecule has 2 aromatic carbocycles. The molecule has 0 aromatic heterocycles. The van der Waals surface area contributed by atoms with Crippen molar-refractivity contribution in [3.8, 4) is 17.2 Å². The molecular weight excluding hydrogens is 310 g/mol. The predicted octanol–water partition coefficient (Wildman–Crippen LogP) is 3.57. The summed E-state index contributed by atoms with van der Waals surface area (Å²) in [5.74, 6) is 0.941. The van der Waals surface area contributed by atoms with Gasteiger partial charge in [0, 0.05) is 17.8 Å². The van der Waals surface area contributed by atoms with Gasteiger partial charge in [0.15, 0.2) is 11.5 Å². The van der Waals surface area contributed by atoms with Crippen LogP contribution >= 0.6 is 0 Å². The molecule has 6 heteroatoms. The zero-order valence-electron chi connectivity index (χ0n) is 13.4. The van der Waals surface area contributed by atoms with Gasteiger partial charge in [0.05, 0.1) is 17.9 Å². The van der Waals surface area contributed by atoms with Crippen LogP contribution in [0.5, 0.6) is 17.2 Å². The van der Waals surface area contributed by atoms with Gasteiger partial charge < -0.3 is 19.3 Å². The summed E-state index contributed by atoms with van der Waals surface area (Å²) in [7, 11) is 0. The minimum absolute atomic E-state index is 0.182. The molecule has 1 N–H and O–H groups in total. The normalized spacial score (nSPS) is 12.6. The van der Waals surface area contributed by atoms with Gasteiger partial charge in [-0.2, -0.15) is 0 Å². The van der Waals surface area contributed by atoms with Crippen LogP contribution in [-0.4, -0.2) is 30.7 Å². The predicted molar refractivity (Wildman–Crippen MR) is 89.1 cm³/mol. The van der Waals surface area contributed by atoms with Crippen LogP contribution in [0.25, 0.3) is 0 Å². The standard InChI is InChI=1S/C18H17NO5/c1-3-22-15-8-17-16(23-10-24-17)7-12(15)9-19-14-6-4-5-13(11(14)2)18(20)21/h4-9H,3,10H2,1-2H3,(H,20,21). The van der Waals surface area contributed by atoms with E-state index in [1.165, 1.54) is 0 Å². The molecule has 1 heterocycles. The lowest BCUT2D eigenvalue weighted by Gasteiger charge is -2.09. The maximum absolute atomic E-state index is 11.2. The van der Waals surface area contributed by atoms with E-state index in [4.69, 9.17) is 14.2 Å². The first-order valence-corrected chi connectivity index (χ1v) is 7.53. The van der Waals surface area contributed by atoms with Crippen LogP contribution in [0.15, 0.2) is 35.3 Å². The van der Waals surface area contributed by atoms with Gasteiger partial charge in [-0.25, -0.2) is 4.79 Å². The second kappa shape index (κ2) is 6.62. The van der Waals surface area contributed by atoms with Crippen molar-refractivity contribution in [2.75, 3.05) is 13.4 Å². The zero-order chi connectivity index (χ0) is 17.1. The van der Waals surface area contributed by atoms with Crippen LogP contribution in [-0.2, 0) is 0 Å². The summed E-state index contributed by atoms with van der Waals surface area (Å²) in [6.07, 6.45) is 1.64. The number of carboxylic acids is 1. The van der Waals surface area contributed by atoms with E-state index in [2.05, 4.69) is 4.99 Å². The van der Waals surface area contributed by atoms with Gasteiger partial charge in [-0.15, -0.1) is 0 Å². The number of nitrogens with zero attached hydrogens (tertiary/aromatic N) is 1. The van der Waals surface area contributed by atoms with Gasteiger partial charge >= 0.3 is 5.97 Å². The van der Waals surface area contributed by atoms with Gasteiger partial charge in [0.25, 0.3) is 0 Å². The Balaban J connectivity index is 1.97. The first-order chi connectivity index (χ1) is 11.6. The van der Waals surface area contributed by atoms with Crippen molar-refractivity contribution in [1.82, 2.24) is 0 Å².